The van der Waals surface area contributed by atoms with E-state index >= 15 is 0 Å². The van der Waals surface area contributed by atoms with Gasteiger partial charge in [-0.3, -0.25) is 13.8 Å². The fraction of sp³-hybridized carbons (Fsp3) is 0.652. The van der Waals surface area contributed by atoms with Crippen LogP contribution in [0.2, 0.25) is 0 Å². The molecule has 1 saturated carbocycles. The lowest BCUT2D eigenvalue weighted by molar-refractivity contribution is -0.133. The summed E-state index contributed by atoms with van der Waals surface area (Å²) in [6.07, 6.45) is 4.13. The molecular formula is C23H34O3S. The molecule has 0 amide bonds. The van der Waals surface area contributed by atoms with E-state index in [1.807, 2.05) is 13.8 Å². The average molecular weight is 391 g/mol. The number of ketones is 2. The molecule has 1 fully saturated rings. The lowest BCUT2D eigenvalue weighted by Gasteiger charge is -2.30. The van der Waals surface area contributed by atoms with Crippen LogP contribution in [0.4, 0.5) is 0 Å². The Labute approximate surface area is 166 Å². The number of Topliss-reactive ketones (excluding diaryl/α,β-unsaturated/α-hetero) is 2. The Morgan fingerprint density at radius 3 is 2.00 bits per heavy atom. The maximum atomic E-state index is 13.0. The highest BCUT2D eigenvalue weighted by Crippen LogP contribution is 2.37. The molecule has 0 heterocycles. The van der Waals surface area contributed by atoms with Crippen molar-refractivity contribution < 1.29 is 13.8 Å². The van der Waals surface area contributed by atoms with Crippen LogP contribution < -0.4 is 0 Å². The second kappa shape index (κ2) is 9.77. The van der Waals surface area contributed by atoms with Crippen LogP contribution in [0.15, 0.2) is 12.1 Å². The van der Waals surface area contributed by atoms with E-state index in [2.05, 4.69) is 32.9 Å². The van der Waals surface area contributed by atoms with Crippen molar-refractivity contribution >= 4 is 22.4 Å². The zero-order chi connectivity index (χ0) is 20.1. The zero-order valence-electron chi connectivity index (χ0n) is 17.5. The van der Waals surface area contributed by atoms with Gasteiger partial charge in [-0.1, -0.05) is 45.4 Å². The van der Waals surface area contributed by atoms with Crippen LogP contribution in [0.1, 0.15) is 81.5 Å². The summed E-state index contributed by atoms with van der Waals surface area (Å²) >= 11 is 0. The molecule has 0 spiro atoms. The van der Waals surface area contributed by atoms with Crippen LogP contribution in [0, 0.1) is 12.8 Å². The number of hydrogen-bond acceptors (Lipinski definition) is 3. The van der Waals surface area contributed by atoms with Gasteiger partial charge in [0.25, 0.3) is 0 Å². The minimum Gasteiger partial charge on any atom is -0.299 e. The molecule has 3 nitrogen and oxygen atoms in total. The van der Waals surface area contributed by atoms with Gasteiger partial charge in [0.05, 0.1) is 0 Å². The van der Waals surface area contributed by atoms with Gasteiger partial charge in [-0.25, -0.2) is 0 Å². The van der Waals surface area contributed by atoms with Crippen molar-refractivity contribution in [1.29, 1.82) is 0 Å². The molecule has 2 unspecified atom stereocenters. The van der Waals surface area contributed by atoms with Gasteiger partial charge in [0.1, 0.15) is 17.5 Å². The number of rotatable bonds is 8. The lowest BCUT2D eigenvalue weighted by atomic mass is 9.72. The molecule has 1 aromatic carbocycles. The van der Waals surface area contributed by atoms with Crippen molar-refractivity contribution in [3.63, 3.8) is 0 Å². The smallest absolute Gasteiger partial charge is 0.148 e. The van der Waals surface area contributed by atoms with E-state index in [0.29, 0.717) is 25.0 Å². The largest absolute Gasteiger partial charge is 0.299 e. The molecule has 150 valence electrons. The number of hydrogen-bond donors (Lipinski definition) is 0. The predicted octanol–water partition coefficient (Wildman–Crippen LogP) is 4.69. The van der Waals surface area contributed by atoms with Gasteiger partial charge in [0, 0.05) is 34.6 Å². The summed E-state index contributed by atoms with van der Waals surface area (Å²) in [6, 6.07) is 4.24. The Kier molecular flexibility index (Phi) is 7.96. The number of benzene rings is 1. The van der Waals surface area contributed by atoms with Crippen LogP contribution >= 0.6 is 0 Å². The molecule has 0 aromatic heterocycles. The summed E-state index contributed by atoms with van der Waals surface area (Å²) in [6.45, 7) is 10.3. The second-order valence-corrected chi connectivity index (χ2v) is 9.95. The lowest BCUT2D eigenvalue weighted by Crippen LogP contribution is -2.34. The molecule has 4 heteroatoms. The summed E-state index contributed by atoms with van der Waals surface area (Å²) in [7, 11) is -0.869. The van der Waals surface area contributed by atoms with Crippen LogP contribution in [0.5, 0.6) is 0 Å². The van der Waals surface area contributed by atoms with Crippen LogP contribution in [0.3, 0.4) is 0 Å². The van der Waals surface area contributed by atoms with Gasteiger partial charge in [-0.05, 0) is 55.2 Å². The average Bonchev–Trinajstić information content (AvgIpc) is 2.61. The van der Waals surface area contributed by atoms with E-state index < -0.39 is 16.7 Å². The predicted molar refractivity (Wildman–Crippen MR) is 113 cm³/mol. The van der Waals surface area contributed by atoms with E-state index in [9.17, 15) is 13.8 Å². The van der Waals surface area contributed by atoms with Crippen LogP contribution in [-0.4, -0.2) is 26.8 Å². The van der Waals surface area contributed by atoms with Crippen molar-refractivity contribution in [3.8, 4) is 0 Å². The zero-order valence-corrected chi connectivity index (χ0v) is 18.3. The Morgan fingerprint density at radius 2 is 1.56 bits per heavy atom. The molecule has 2 rings (SSSR count). The minimum absolute atomic E-state index is 0.0395. The highest BCUT2D eigenvalue weighted by atomic mass is 32.2. The number of aryl methyl sites for hydroxylation is 3. The Bertz CT molecular complexity index is 679. The summed E-state index contributed by atoms with van der Waals surface area (Å²) in [4.78, 5) is 26.0. The van der Waals surface area contributed by atoms with Crippen LogP contribution in [0.25, 0.3) is 0 Å². The normalized spacial score (nSPS) is 22.7. The third-order valence-electron chi connectivity index (χ3n) is 5.69. The fourth-order valence-corrected chi connectivity index (χ4v) is 5.72. The third-order valence-corrected chi connectivity index (χ3v) is 7.59. The summed E-state index contributed by atoms with van der Waals surface area (Å²) in [5.41, 5.74) is 4.43. The molecule has 1 aromatic rings. The van der Waals surface area contributed by atoms with Crippen LogP contribution in [-0.2, 0) is 33.2 Å². The van der Waals surface area contributed by atoms with Gasteiger partial charge >= 0.3 is 0 Å². The second-order valence-electron chi connectivity index (χ2n) is 7.98. The maximum absolute atomic E-state index is 13.0. The molecule has 2 atom stereocenters. The highest BCUT2D eigenvalue weighted by molar-refractivity contribution is 7.85. The molecule has 0 aliphatic heterocycles. The molecule has 1 aliphatic rings. The minimum atomic E-state index is -0.869. The van der Waals surface area contributed by atoms with Crippen molar-refractivity contribution in [2.45, 2.75) is 84.3 Å². The first-order chi connectivity index (χ1) is 12.8. The van der Waals surface area contributed by atoms with E-state index in [0.717, 1.165) is 36.0 Å². The fourth-order valence-electron chi connectivity index (χ4n) is 4.43. The molecule has 0 saturated heterocycles. The van der Waals surface area contributed by atoms with Gasteiger partial charge in [-0.15, -0.1) is 0 Å². The third kappa shape index (κ3) is 5.16. The Hall–Kier alpha value is -1.29. The summed E-state index contributed by atoms with van der Waals surface area (Å²) in [5, 5.41) is 0.0453. The van der Waals surface area contributed by atoms with E-state index in [-0.39, 0.29) is 22.7 Å². The molecule has 0 N–H and O–H groups in total. The van der Waals surface area contributed by atoms with E-state index in [4.69, 9.17) is 0 Å². The van der Waals surface area contributed by atoms with E-state index in [1.165, 1.54) is 5.56 Å². The first-order valence-electron chi connectivity index (χ1n) is 10.4. The summed E-state index contributed by atoms with van der Waals surface area (Å²) in [5.74, 6) is 0.249. The van der Waals surface area contributed by atoms with Crippen molar-refractivity contribution in [2.24, 2.45) is 5.92 Å². The molecule has 0 bridgehead atoms. The maximum Gasteiger partial charge on any atom is 0.148 e. The van der Waals surface area contributed by atoms with Crippen molar-refractivity contribution in [1.82, 2.24) is 0 Å². The SMILES string of the molecule is CCCS(=O)C(C)CC1CC(=O)C(c2c(CC)cc(C)cc2CC)C(=O)C1. The standard InChI is InChI=1S/C23H34O3S/c1-6-9-27(26)16(5)12-17-13-20(24)23(21(25)14-17)22-18(7-2)10-15(4)11-19(22)8-3/h10-11,16-17,23H,6-9,12-14H2,1-5H3. The van der Waals surface area contributed by atoms with Gasteiger partial charge in [0.2, 0.25) is 0 Å². The monoisotopic (exact) mass is 390 g/mol. The van der Waals surface area contributed by atoms with Gasteiger partial charge in [0.15, 0.2) is 0 Å². The summed E-state index contributed by atoms with van der Waals surface area (Å²) < 4.78 is 12.2. The number of carbonyl (C=O) groups is 2. The van der Waals surface area contributed by atoms with E-state index in [1.54, 1.807) is 0 Å². The Balaban J connectivity index is 2.23. The quantitative estimate of drug-likeness (QED) is 0.605. The molecule has 0 radical (unpaired) electrons. The molecule has 1 aliphatic carbocycles. The Morgan fingerprint density at radius 1 is 1.04 bits per heavy atom. The first kappa shape index (κ1) is 22.0. The van der Waals surface area contributed by atoms with Gasteiger partial charge < -0.3 is 0 Å². The highest BCUT2D eigenvalue weighted by Gasteiger charge is 2.39. The molecule has 27 heavy (non-hydrogen) atoms. The van der Waals surface area contributed by atoms with Gasteiger partial charge in [-0.2, -0.15) is 0 Å². The van der Waals surface area contributed by atoms with Crippen molar-refractivity contribution in [3.05, 3.63) is 34.4 Å². The number of carbonyl (C=O) groups excluding carboxylic acids is 2. The molecular weight excluding hydrogens is 356 g/mol. The van der Waals surface area contributed by atoms with Crippen molar-refractivity contribution in [2.75, 3.05) is 5.75 Å². The first-order valence-corrected chi connectivity index (χ1v) is 11.7. The topological polar surface area (TPSA) is 51.2 Å².